The lowest BCUT2D eigenvalue weighted by Gasteiger charge is -2.18. The molecule has 1 aliphatic carbocycles. The number of rotatable bonds is 4. The average Bonchev–Trinajstić information content (AvgIpc) is 2.68. The van der Waals surface area contributed by atoms with Gasteiger partial charge < -0.3 is 10.6 Å². The predicted molar refractivity (Wildman–Crippen MR) is 95.8 cm³/mol. The van der Waals surface area contributed by atoms with E-state index in [0.717, 1.165) is 30.8 Å². The van der Waals surface area contributed by atoms with E-state index in [1.54, 1.807) is 11.8 Å². The first-order valence-electron chi connectivity index (χ1n) is 7.84. The molecule has 0 fully saturated rings. The molecule has 1 atom stereocenters. The number of hydrogen-bond donors (Lipinski definition) is 2. The Morgan fingerprint density at radius 3 is 2.68 bits per heavy atom. The van der Waals surface area contributed by atoms with Crippen molar-refractivity contribution in [2.24, 2.45) is 5.92 Å². The van der Waals surface area contributed by atoms with Crippen LogP contribution >= 0.6 is 11.8 Å². The zero-order chi connectivity index (χ0) is 16.2. The van der Waals surface area contributed by atoms with Crippen LogP contribution in [-0.2, 0) is 4.79 Å². The third-order valence-corrected chi connectivity index (χ3v) is 5.24. The van der Waals surface area contributed by atoms with E-state index in [-0.39, 0.29) is 16.6 Å². The van der Waals surface area contributed by atoms with E-state index in [2.05, 4.69) is 54.2 Å². The number of amides is 1. The van der Waals surface area contributed by atoms with E-state index >= 15 is 0 Å². The van der Waals surface area contributed by atoms with Gasteiger partial charge in [0.1, 0.15) is 0 Å². The standard InChI is InChI=1S/C18H26N2OS/c1-13(2)17(21)20-16-6-10-18(3,22-4)9-5-15(16)14-7-11-19-12-8-14/h5-7,9-10,13,19H,8,11-12H2,1-4H3,(H,20,21). The first-order valence-corrected chi connectivity index (χ1v) is 9.06. The van der Waals surface area contributed by atoms with E-state index in [0.29, 0.717) is 0 Å². The molecule has 2 aliphatic rings. The van der Waals surface area contributed by atoms with Crippen molar-refractivity contribution in [3.8, 4) is 0 Å². The minimum absolute atomic E-state index is 0.0247. The average molecular weight is 318 g/mol. The number of carbonyl (C=O) groups is 1. The van der Waals surface area contributed by atoms with Crippen LogP contribution in [0.25, 0.3) is 0 Å². The maximum absolute atomic E-state index is 12.1. The van der Waals surface area contributed by atoms with Gasteiger partial charge in [0.15, 0.2) is 0 Å². The second-order valence-corrected chi connectivity index (χ2v) is 7.50. The quantitative estimate of drug-likeness (QED) is 0.836. The van der Waals surface area contributed by atoms with E-state index in [1.165, 1.54) is 5.57 Å². The Hall–Kier alpha value is -1.26. The third-order valence-electron chi connectivity index (χ3n) is 4.08. The van der Waals surface area contributed by atoms with E-state index < -0.39 is 0 Å². The number of carbonyl (C=O) groups excluding carboxylic acids is 1. The van der Waals surface area contributed by atoms with Crippen LogP contribution < -0.4 is 10.6 Å². The second-order valence-electron chi connectivity index (χ2n) is 6.21. The van der Waals surface area contributed by atoms with Crippen LogP contribution in [0, 0.1) is 5.92 Å². The van der Waals surface area contributed by atoms with Crippen molar-refractivity contribution in [1.29, 1.82) is 0 Å². The summed E-state index contributed by atoms with van der Waals surface area (Å²) in [5.41, 5.74) is 3.37. The highest BCUT2D eigenvalue weighted by Gasteiger charge is 2.21. The summed E-state index contributed by atoms with van der Waals surface area (Å²) in [5.74, 6) is 0.0381. The first-order chi connectivity index (χ1) is 10.4. The second kappa shape index (κ2) is 7.34. The molecule has 0 saturated carbocycles. The highest BCUT2D eigenvalue weighted by atomic mass is 32.2. The monoisotopic (exact) mass is 318 g/mol. The third kappa shape index (κ3) is 4.14. The summed E-state index contributed by atoms with van der Waals surface area (Å²) in [6.45, 7) is 7.90. The Kier molecular flexibility index (Phi) is 5.70. The van der Waals surface area contributed by atoms with Crippen molar-refractivity contribution in [3.05, 3.63) is 47.2 Å². The lowest BCUT2D eigenvalue weighted by Crippen LogP contribution is -2.28. The molecular weight excluding hydrogens is 292 g/mol. The molecule has 0 radical (unpaired) electrons. The molecule has 0 aromatic heterocycles. The van der Waals surface area contributed by atoms with Crippen LogP contribution in [0.2, 0.25) is 0 Å². The van der Waals surface area contributed by atoms with Gasteiger partial charge in [0.25, 0.3) is 0 Å². The number of thioether (sulfide) groups is 1. The van der Waals surface area contributed by atoms with Crippen molar-refractivity contribution in [1.82, 2.24) is 10.6 Å². The Morgan fingerprint density at radius 2 is 2.09 bits per heavy atom. The predicted octanol–water partition coefficient (Wildman–Crippen LogP) is 3.18. The molecule has 0 saturated heterocycles. The molecular formula is C18H26N2OS. The SMILES string of the molecule is CSC1(C)C=CC(NC(=O)C(C)C)=C(C2=CCNCC2)C=C1. The zero-order valence-electron chi connectivity index (χ0n) is 13.9. The molecule has 0 aromatic carbocycles. The first kappa shape index (κ1) is 17.1. The maximum Gasteiger partial charge on any atom is 0.226 e. The fourth-order valence-corrected chi connectivity index (χ4v) is 2.81. The van der Waals surface area contributed by atoms with Gasteiger partial charge in [-0.3, -0.25) is 4.79 Å². The molecule has 4 heteroatoms. The molecule has 2 N–H and O–H groups in total. The molecule has 1 unspecified atom stereocenters. The van der Waals surface area contributed by atoms with Crippen molar-refractivity contribution in [2.75, 3.05) is 19.3 Å². The lowest BCUT2D eigenvalue weighted by atomic mass is 9.97. The van der Waals surface area contributed by atoms with Crippen LogP contribution in [-0.4, -0.2) is 30.0 Å². The summed E-state index contributed by atoms with van der Waals surface area (Å²) in [6, 6.07) is 0. The molecule has 0 spiro atoms. The van der Waals surface area contributed by atoms with Crippen molar-refractivity contribution < 1.29 is 4.79 Å². The number of hydrogen-bond acceptors (Lipinski definition) is 3. The fourth-order valence-electron chi connectivity index (χ4n) is 2.40. The zero-order valence-corrected chi connectivity index (χ0v) is 14.7. The molecule has 0 aromatic rings. The Labute approximate surface area is 138 Å². The lowest BCUT2D eigenvalue weighted by molar-refractivity contribution is -0.123. The van der Waals surface area contributed by atoms with Crippen LogP contribution in [0.5, 0.6) is 0 Å². The van der Waals surface area contributed by atoms with Crippen molar-refractivity contribution in [2.45, 2.75) is 31.9 Å². The highest BCUT2D eigenvalue weighted by molar-refractivity contribution is 8.00. The van der Waals surface area contributed by atoms with Gasteiger partial charge in [-0.05, 0) is 37.8 Å². The normalized spacial score (nSPS) is 25.2. The Bertz CT molecular complexity index is 557. The van der Waals surface area contributed by atoms with E-state index in [4.69, 9.17) is 0 Å². The minimum atomic E-state index is -0.0387. The van der Waals surface area contributed by atoms with Gasteiger partial charge in [0, 0.05) is 28.5 Å². The van der Waals surface area contributed by atoms with Gasteiger partial charge in [-0.25, -0.2) is 0 Å². The Balaban J connectivity index is 2.39. The van der Waals surface area contributed by atoms with Gasteiger partial charge >= 0.3 is 0 Å². The van der Waals surface area contributed by atoms with Crippen molar-refractivity contribution >= 4 is 17.7 Å². The van der Waals surface area contributed by atoms with Gasteiger partial charge in [0.05, 0.1) is 0 Å². The molecule has 120 valence electrons. The Morgan fingerprint density at radius 1 is 1.36 bits per heavy atom. The topological polar surface area (TPSA) is 41.1 Å². The molecule has 22 heavy (non-hydrogen) atoms. The summed E-state index contributed by atoms with van der Waals surface area (Å²) < 4.78 is -0.0387. The van der Waals surface area contributed by atoms with Crippen LogP contribution in [0.1, 0.15) is 27.2 Å². The largest absolute Gasteiger partial charge is 0.325 e. The van der Waals surface area contributed by atoms with Crippen LogP contribution in [0.4, 0.5) is 0 Å². The van der Waals surface area contributed by atoms with Crippen LogP contribution in [0.3, 0.4) is 0 Å². The summed E-state index contributed by atoms with van der Waals surface area (Å²) >= 11 is 1.79. The van der Waals surface area contributed by atoms with Gasteiger partial charge in [-0.2, -0.15) is 11.8 Å². The van der Waals surface area contributed by atoms with E-state index in [1.807, 2.05) is 13.8 Å². The summed E-state index contributed by atoms with van der Waals surface area (Å²) in [6.07, 6.45) is 13.9. The molecule has 0 bridgehead atoms. The fraction of sp³-hybridized carbons (Fsp3) is 0.500. The molecule has 2 rings (SSSR count). The summed E-state index contributed by atoms with van der Waals surface area (Å²) in [5, 5.41) is 6.44. The van der Waals surface area contributed by atoms with Gasteiger partial charge in [-0.1, -0.05) is 38.2 Å². The molecule has 1 amide bonds. The summed E-state index contributed by atoms with van der Waals surface area (Å²) in [7, 11) is 0. The number of allylic oxidation sites excluding steroid dienone is 3. The molecule has 1 heterocycles. The summed E-state index contributed by atoms with van der Waals surface area (Å²) in [4.78, 5) is 12.1. The van der Waals surface area contributed by atoms with Crippen molar-refractivity contribution in [3.63, 3.8) is 0 Å². The molecule has 3 nitrogen and oxygen atoms in total. The maximum atomic E-state index is 12.1. The molecule has 1 aliphatic heterocycles. The smallest absolute Gasteiger partial charge is 0.226 e. The van der Waals surface area contributed by atoms with Gasteiger partial charge in [0.2, 0.25) is 5.91 Å². The van der Waals surface area contributed by atoms with E-state index in [9.17, 15) is 4.79 Å². The minimum Gasteiger partial charge on any atom is -0.325 e. The number of nitrogens with one attached hydrogen (secondary N) is 2. The van der Waals surface area contributed by atoms with Gasteiger partial charge in [-0.15, -0.1) is 0 Å². The van der Waals surface area contributed by atoms with Crippen LogP contribution in [0.15, 0.2) is 47.2 Å². The highest BCUT2D eigenvalue weighted by Crippen LogP contribution is 2.32.